The summed E-state index contributed by atoms with van der Waals surface area (Å²) in [7, 11) is 1.77. The van der Waals surface area contributed by atoms with E-state index in [-0.39, 0.29) is 0 Å². The molecule has 6 heteroatoms. The first-order valence-corrected chi connectivity index (χ1v) is 8.31. The lowest BCUT2D eigenvalue weighted by atomic mass is 10.1. The molecule has 1 heterocycles. The largest absolute Gasteiger partial charge is 0.491 e. The van der Waals surface area contributed by atoms with Crippen molar-refractivity contribution in [1.29, 1.82) is 0 Å². The van der Waals surface area contributed by atoms with E-state index in [0.29, 0.717) is 13.2 Å². The van der Waals surface area contributed by atoms with E-state index < -0.39 is 0 Å². The molecule has 0 saturated heterocycles. The molecule has 0 amide bonds. The van der Waals surface area contributed by atoms with E-state index in [1.165, 1.54) is 0 Å². The Kier molecular flexibility index (Phi) is 7.14. The molecule has 0 unspecified atom stereocenters. The number of hydrogen-bond acceptors (Lipinski definition) is 3. The highest BCUT2D eigenvalue weighted by molar-refractivity contribution is 5.79. The van der Waals surface area contributed by atoms with Gasteiger partial charge in [-0.05, 0) is 37.5 Å². The van der Waals surface area contributed by atoms with Crippen LogP contribution in [0.5, 0.6) is 5.75 Å². The quantitative estimate of drug-likeness (QED) is 0.442. The Morgan fingerprint density at radius 2 is 1.92 bits per heavy atom. The Morgan fingerprint density at radius 1 is 1.17 bits per heavy atom. The number of rotatable bonds is 8. The number of guanidine groups is 1. The van der Waals surface area contributed by atoms with Gasteiger partial charge in [-0.2, -0.15) is 5.10 Å². The number of aryl methyl sites for hydroxylation is 3. The predicted molar refractivity (Wildman–Crippen MR) is 97.6 cm³/mol. The van der Waals surface area contributed by atoms with Crippen molar-refractivity contribution in [2.24, 2.45) is 4.99 Å². The molecule has 24 heavy (non-hydrogen) atoms. The molecule has 0 saturated carbocycles. The second-order valence-electron chi connectivity index (χ2n) is 5.62. The Hall–Kier alpha value is -2.50. The van der Waals surface area contributed by atoms with Crippen molar-refractivity contribution in [3.05, 3.63) is 47.8 Å². The van der Waals surface area contributed by atoms with Crippen LogP contribution in [0.15, 0.2) is 41.7 Å². The molecule has 6 nitrogen and oxygen atoms in total. The Bertz CT molecular complexity index is 617. The molecule has 0 aliphatic carbocycles. The number of nitrogens with one attached hydrogen (secondary N) is 2. The second-order valence-corrected chi connectivity index (χ2v) is 5.62. The summed E-state index contributed by atoms with van der Waals surface area (Å²) in [5.74, 6) is 1.77. The number of benzene rings is 1. The van der Waals surface area contributed by atoms with E-state index in [0.717, 1.165) is 42.3 Å². The van der Waals surface area contributed by atoms with Crippen LogP contribution in [-0.2, 0) is 6.54 Å². The fraction of sp³-hybridized carbons (Fsp3) is 0.444. The van der Waals surface area contributed by atoms with Gasteiger partial charge in [0.25, 0.3) is 0 Å². The Morgan fingerprint density at radius 3 is 2.58 bits per heavy atom. The maximum absolute atomic E-state index is 5.88. The first-order chi connectivity index (χ1) is 11.7. The van der Waals surface area contributed by atoms with Crippen LogP contribution in [-0.4, -0.2) is 42.5 Å². The molecule has 0 spiro atoms. The van der Waals surface area contributed by atoms with Crippen molar-refractivity contribution >= 4 is 5.96 Å². The lowest BCUT2D eigenvalue weighted by Crippen LogP contribution is -2.39. The molecule has 0 bridgehead atoms. The lowest BCUT2D eigenvalue weighted by molar-refractivity contribution is 0.317. The van der Waals surface area contributed by atoms with E-state index in [4.69, 9.17) is 4.74 Å². The van der Waals surface area contributed by atoms with Gasteiger partial charge in [-0.1, -0.05) is 18.2 Å². The summed E-state index contributed by atoms with van der Waals surface area (Å²) in [4.78, 5) is 4.22. The molecule has 0 aliphatic rings. The van der Waals surface area contributed by atoms with Gasteiger partial charge in [-0.25, -0.2) is 0 Å². The Balaban J connectivity index is 1.63. The Labute approximate surface area is 143 Å². The average molecular weight is 329 g/mol. The van der Waals surface area contributed by atoms with Crippen LogP contribution < -0.4 is 15.4 Å². The fourth-order valence-corrected chi connectivity index (χ4v) is 2.45. The van der Waals surface area contributed by atoms with Crippen molar-refractivity contribution in [3.8, 4) is 5.75 Å². The highest BCUT2D eigenvalue weighted by atomic mass is 16.5. The van der Waals surface area contributed by atoms with Gasteiger partial charge in [0.1, 0.15) is 12.4 Å². The van der Waals surface area contributed by atoms with Gasteiger partial charge < -0.3 is 15.4 Å². The number of aromatic nitrogens is 2. The predicted octanol–water partition coefficient (Wildman–Crippen LogP) is 2.13. The minimum absolute atomic E-state index is 0.597. The summed E-state index contributed by atoms with van der Waals surface area (Å²) in [6.45, 7) is 7.17. The molecule has 0 radical (unpaired) electrons. The van der Waals surface area contributed by atoms with Crippen LogP contribution in [0, 0.1) is 13.8 Å². The maximum atomic E-state index is 5.88. The molecular formula is C18H27N5O. The van der Waals surface area contributed by atoms with Gasteiger partial charge in [0.15, 0.2) is 5.96 Å². The number of ether oxygens (including phenoxy) is 1. The summed E-state index contributed by atoms with van der Waals surface area (Å²) in [5, 5.41) is 10.7. The zero-order chi connectivity index (χ0) is 17.2. The number of hydrogen-bond donors (Lipinski definition) is 2. The molecule has 130 valence electrons. The summed E-state index contributed by atoms with van der Waals surface area (Å²) in [5.41, 5.74) is 2.33. The minimum atomic E-state index is 0.597. The van der Waals surface area contributed by atoms with Crippen LogP contribution in [0.2, 0.25) is 0 Å². The van der Waals surface area contributed by atoms with E-state index in [1.54, 1.807) is 13.2 Å². The normalized spacial score (nSPS) is 11.4. The molecule has 2 rings (SSSR count). The molecule has 1 aromatic heterocycles. The van der Waals surface area contributed by atoms with Crippen molar-refractivity contribution in [2.45, 2.75) is 26.8 Å². The smallest absolute Gasteiger partial charge is 0.191 e. The number of nitrogens with zero attached hydrogens (tertiary/aromatic N) is 3. The highest BCUT2D eigenvalue weighted by Gasteiger charge is 2.03. The zero-order valence-corrected chi connectivity index (χ0v) is 14.7. The topological polar surface area (TPSA) is 63.5 Å². The van der Waals surface area contributed by atoms with Gasteiger partial charge in [0.05, 0.1) is 6.54 Å². The molecular weight excluding hydrogens is 302 g/mol. The van der Waals surface area contributed by atoms with Crippen molar-refractivity contribution < 1.29 is 4.74 Å². The third-order valence-corrected chi connectivity index (χ3v) is 3.69. The molecule has 0 atom stereocenters. The number of para-hydroxylation sites is 1. The molecule has 0 fully saturated rings. The SMILES string of the molecule is CN=C(NCCCn1cccn1)NCCOc1c(C)cccc1C. The molecule has 1 aromatic carbocycles. The lowest BCUT2D eigenvalue weighted by Gasteiger charge is -2.14. The van der Waals surface area contributed by atoms with Gasteiger partial charge in [-0.3, -0.25) is 9.67 Å². The third kappa shape index (κ3) is 5.61. The fourth-order valence-electron chi connectivity index (χ4n) is 2.45. The standard InChI is InChI=1S/C18H27N5O/c1-15-7-4-8-16(2)17(15)24-14-11-21-18(19-3)20-9-5-12-23-13-6-10-22-23/h4,6-8,10,13H,5,9,11-12,14H2,1-3H3,(H2,19,20,21). The van der Waals surface area contributed by atoms with Gasteiger partial charge >= 0.3 is 0 Å². The summed E-state index contributed by atoms with van der Waals surface area (Å²) in [6.07, 6.45) is 4.75. The van der Waals surface area contributed by atoms with Crippen molar-refractivity contribution in [1.82, 2.24) is 20.4 Å². The van der Waals surface area contributed by atoms with Crippen molar-refractivity contribution in [2.75, 3.05) is 26.7 Å². The maximum Gasteiger partial charge on any atom is 0.191 e. The zero-order valence-electron chi connectivity index (χ0n) is 14.7. The molecule has 2 N–H and O–H groups in total. The van der Waals surface area contributed by atoms with Crippen LogP contribution in [0.1, 0.15) is 17.5 Å². The highest BCUT2D eigenvalue weighted by Crippen LogP contribution is 2.21. The van der Waals surface area contributed by atoms with E-state index in [1.807, 2.05) is 23.0 Å². The first kappa shape index (κ1) is 17.8. The second kappa shape index (κ2) is 9.60. The molecule has 2 aromatic rings. The van der Waals surface area contributed by atoms with Crippen LogP contribution in [0.25, 0.3) is 0 Å². The summed E-state index contributed by atoms with van der Waals surface area (Å²) in [6, 6.07) is 8.11. The number of aliphatic imine (C=N–C) groups is 1. The molecule has 0 aliphatic heterocycles. The first-order valence-electron chi connectivity index (χ1n) is 8.31. The van der Waals surface area contributed by atoms with E-state index in [2.05, 4.69) is 46.7 Å². The van der Waals surface area contributed by atoms with E-state index in [9.17, 15) is 0 Å². The third-order valence-electron chi connectivity index (χ3n) is 3.69. The van der Waals surface area contributed by atoms with Crippen LogP contribution in [0.4, 0.5) is 0 Å². The van der Waals surface area contributed by atoms with Gasteiger partial charge in [-0.15, -0.1) is 0 Å². The monoisotopic (exact) mass is 329 g/mol. The average Bonchev–Trinajstić information content (AvgIpc) is 3.09. The summed E-state index contributed by atoms with van der Waals surface area (Å²) < 4.78 is 7.81. The van der Waals surface area contributed by atoms with Gasteiger partial charge in [0.2, 0.25) is 0 Å². The minimum Gasteiger partial charge on any atom is -0.491 e. The van der Waals surface area contributed by atoms with Crippen molar-refractivity contribution in [3.63, 3.8) is 0 Å². The summed E-state index contributed by atoms with van der Waals surface area (Å²) >= 11 is 0. The van der Waals surface area contributed by atoms with Gasteiger partial charge in [0, 0.05) is 32.5 Å². The van der Waals surface area contributed by atoms with E-state index >= 15 is 0 Å². The van der Waals surface area contributed by atoms with Crippen LogP contribution in [0.3, 0.4) is 0 Å². The van der Waals surface area contributed by atoms with Crippen LogP contribution >= 0.6 is 0 Å².